The van der Waals surface area contributed by atoms with Gasteiger partial charge in [-0.25, -0.2) is 4.39 Å². The Balaban J connectivity index is 1.67. The van der Waals surface area contributed by atoms with Crippen LogP contribution in [0.15, 0.2) is 48.5 Å². The molecule has 0 unspecified atom stereocenters. The van der Waals surface area contributed by atoms with Gasteiger partial charge in [-0.15, -0.1) is 0 Å². The number of benzene rings is 2. The third-order valence-electron chi connectivity index (χ3n) is 4.23. The van der Waals surface area contributed by atoms with Crippen LogP contribution in [-0.2, 0) is 11.2 Å². The van der Waals surface area contributed by atoms with E-state index in [9.17, 15) is 14.0 Å². The first kappa shape index (κ1) is 17.1. The number of nitrogens with one attached hydrogen (secondary N) is 1. The second kappa shape index (κ2) is 7.47. The van der Waals surface area contributed by atoms with Crippen molar-refractivity contribution in [2.75, 3.05) is 11.9 Å². The number of rotatable bonds is 6. The highest BCUT2D eigenvalue weighted by Crippen LogP contribution is 2.28. The van der Waals surface area contributed by atoms with E-state index in [0.717, 1.165) is 18.4 Å². The molecule has 0 heterocycles. The molecule has 0 aromatic heterocycles. The maximum Gasteiger partial charge on any atom is 0.254 e. The summed E-state index contributed by atoms with van der Waals surface area (Å²) in [6, 6.07) is 13.7. The van der Waals surface area contributed by atoms with Crippen molar-refractivity contribution in [2.24, 2.45) is 0 Å². The summed E-state index contributed by atoms with van der Waals surface area (Å²) in [7, 11) is 0. The van der Waals surface area contributed by atoms with Crippen LogP contribution in [-0.4, -0.2) is 29.3 Å². The van der Waals surface area contributed by atoms with Crippen LogP contribution in [0.2, 0.25) is 0 Å². The van der Waals surface area contributed by atoms with Crippen molar-refractivity contribution in [1.82, 2.24) is 4.90 Å². The lowest BCUT2D eigenvalue weighted by atomic mass is 10.1. The van der Waals surface area contributed by atoms with E-state index in [0.29, 0.717) is 24.2 Å². The van der Waals surface area contributed by atoms with Gasteiger partial charge in [-0.3, -0.25) is 9.59 Å². The van der Waals surface area contributed by atoms with E-state index >= 15 is 0 Å². The van der Waals surface area contributed by atoms with Gasteiger partial charge < -0.3 is 10.2 Å². The molecule has 2 amide bonds. The highest BCUT2D eigenvalue weighted by molar-refractivity contribution is 5.95. The number of halogens is 1. The lowest BCUT2D eigenvalue weighted by molar-refractivity contribution is -0.114. The van der Waals surface area contributed by atoms with Gasteiger partial charge in [0.2, 0.25) is 5.91 Å². The van der Waals surface area contributed by atoms with Crippen LogP contribution in [0.1, 0.15) is 35.7 Å². The molecule has 5 heteroatoms. The van der Waals surface area contributed by atoms with Gasteiger partial charge >= 0.3 is 0 Å². The summed E-state index contributed by atoms with van der Waals surface area (Å²) in [5.74, 6) is -0.419. The molecule has 1 N–H and O–H groups in total. The third kappa shape index (κ3) is 4.66. The highest BCUT2D eigenvalue weighted by Gasteiger charge is 2.32. The van der Waals surface area contributed by atoms with Crippen molar-refractivity contribution in [3.8, 4) is 0 Å². The average molecular weight is 340 g/mol. The van der Waals surface area contributed by atoms with Crippen molar-refractivity contribution < 1.29 is 14.0 Å². The summed E-state index contributed by atoms with van der Waals surface area (Å²) in [5, 5.41) is 2.69. The van der Waals surface area contributed by atoms with Gasteiger partial charge in [0.15, 0.2) is 0 Å². The van der Waals surface area contributed by atoms with Crippen LogP contribution in [0.3, 0.4) is 0 Å². The van der Waals surface area contributed by atoms with Crippen LogP contribution in [0.4, 0.5) is 10.1 Å². The molecule has 1 aliphatic rings. The molecule has 2 aromatic carbocycles. The van der Waals surface area contributed by atoms with E-state index in [4.69, 9.17) is 0 Å². The zero-order chi connectivity index (χ0) is 17.8. The molecule has 2 aromatic rings. The lowest BCUT2D eigenvalue weighted by Gasteiger charge is -2.23. The Kier molecular flexibility index (Phi) is 5.12. The van der Waals surface area contributed by atoms with Crippen molar-refractivity contribution in [3.63, 3.8) is 0 Å². The zero-order valence-corrected chi connectivity index (χ0v) is 14.2. The minimum atomic E-state index is -0.254. The molecular weight excluding hydrogens is 319 g/mol. The molecule has 4 nitrogen and oxygen atoms in total. The molecule has 0 saturated heterocycles. The van der Waals surface area contributed by atoms with Gasteiger partial charge in [0.25, 0.3) is 5.91 Å². The summed E-state index contributed by atoms with van der Waals surface area (Å²) in [4.78, 5) is 25.8. The van der Waals surface area contributed by atoms with Crippen molar-refractivity contribution >= 4 is 17.5 Å². The quantitative estimate of drug-likeness (QED) is 0.873. The molecule has 0 radical (unpaired) electrons. The second-order valence-corrected chi connectivity index (χ2v) is 6.37. The molecule has 1 aliphatic carbocycles. The predicted molar refractivity (Wildman–Crippen MR) is 94.9 cm³/mol. The van der Waals surface area contributed by atoms with Crippen LogP contribution in [0.25, 0.3) is 0 Å². The highest BCUT2D eigenvalue weighted by atomic mass is 19.1. The van der Waals surface area contributed by atoms with E-state index in [1.165, 1.54) is 19.1 Å². The van der Waals surface area contributed by atoms with Gasteiger partial charge in [-0.1, -0.05) is 12.1 Å². The largest absolute Gasteiger partial charge is 0.335 e. The molecule has 130 valence electrons. The number of amides is 2. The monoisotopic (exact) mass is 340 g/mol. The minimum Gasteiger partial charge on any atom is -0.335 e. The molecule has 0 atom stereocenters. The SMILES string of the molecule is CC(=O)Nc1ccc(C(=O)N(CCc2cccc(F)c2)C2CC2)cc1. The smallest absolute Gasteiger partial charge is 0.254 e. The van der Waals surface area contributed by atoms with E-state index in [2.05, 4.69) is 5.32 Å². The van der Waals surface area contributed by atoms with Gasteiger partial charge in [-0.05, 0) is 61.2 Å². The summed E-state index contributed by atoms with van der Waals surface area (Å²) < 4.78 is 13.3. The molecule has 0 aliphatic heterocycles. The average Bonchev–Trinajstić information content (AvgIpc) is 3.40. The number of carbonyl (C=O) groups is 2. The lowest BCUT2D eigenvalue weighted by Crippen LogP contribution is -2.35. The van der Waals surface area contributed by atoms with Crippen LogP contribution in [0, 0.1) is 5.82 Å². The van der Waals surface area contributed by atoms with Gasteiger partial charge in [0.1, 0.15) is 5.82 Å². The number of nitrogens with zero attached hydrogens (tertiary/aromatic N) is 1. The Morgan fingerprint density at radius 1 is 1.16 bits per heavy atom. The van der Waals surface area contributed by atoms with E-state index in [1.807, 2.05) is 11.0 Å². The van der Waals surface area contributed by atoms with Crippen LogP contribution in [0.5, 0.6) is 0 Å². The first-order valence-electron chi connectivity index (χ1n) is 8.46. The van der Waals surface area contributed by atoms with Gasteiger partial charge in [0.05, 0.1) is 0 Å². The number of hydrogen-bond acceptors (Lipinski definition) is 2. The molecule has 1 fully saturated rings. The van der Waals surface area contributed by atoms with Crippen LogP contribution < -0.4 is 5.32 Å². The van der Waals surface area contributed by atoms with Crippen LogP contribution >= 0.6 is 0 Å². The Hall–Kier alpha value is -2.69. The van der Waals surface area contributed by atoms with Crippen molar-refractivity contribution in [1.29, 1.82) is 0 Å². The van der Waals surface area contributed by atoms with Crippen molar-refractivity contribution in [3.05, 3.63) is 65.5 Å². The molecule has 1 saturated carbocycles. The molecular formula is C20H21FN2O2. The number of hydrogen-bond donors (Lipinski definition) is 1. The molecule has 25 heavy (non-hydrogen) atoms. The minimum absolute atomic E-state index is 0.0201. The summed E-state index contributed by atoms with van der Waals surface area (Å²) in [6.45, 7) is 2.01. The van der Waals surface area contributed by atoms with E-state index < -0.39 is 0 Å². The first-order chi connectivity index (χ1) is 12.0. The summed E-state index contributed by atoms with van der Waals surface area (Å²) >= 11 is 0. The standard InChI is InChI=1S/C20H21FN2O2/c1-14(24)22-18-7-5-16(6-8-18)20(25)23(19-9-10-19)12-11-15-3-2-4-17(21)13-15/h2-8,13,19H,9-12H2,1H3,(H,22,24). The summed E-state index contributed by atoms with van der Waals surface area (Å²) in [6.07, 6.45) is 2.65. The first-order valence-corrected chi connectivity index (χ1v) is 8.46. The van der Waals surface area contributed by atoms with Gasteiger partial charge in [-0.2, -0.15) is 0 Å². The normalized spacial score (nSPS) is 13.4. The number of anilines is 1. The Labute approximate surface area is 146 Å². The Morgan fingerprint density at radius 2 is 1.88 bits per heavy atom. The maximum absolute atomic E-state index is 13.3. The molecule has 0 spiro atoms. The van der Waals surface area contributed by atoms with Gasteiger partial charge in [0, 0.05) is 30.8 Å². The topological polar surface area (TPSA) is 49.4 Å². The third-order valence-corrected chi connectivity index (χ3v) is 4.23. The maximum atomic E-state index is 13.3. The molecule has 3 rings (SSSR count). The molecule has 0 bridgehead atoms. The Bertz CT molecular complexity index is 770. The summed E-state index contributed by atoms with van der Waals surface area (Å²) in [5.41, 5.74) is 2.15. The second-order valence-electron chi connectivity index (χ2n) is 6.37. The fourth-order valence-electron chi connectivity index (χ4n) is 2.84. The Morgan fingerprint density at radius 3 is 2.48 bits per heavy atom. The fraction of sp³-hybridized carbons (Fsp3) is 0.300. The fourth-order valence-corrected chi connectivity index (χ4v) is 2.84. The zero-order valence-electron chi connectivity index (χ0n) is 14.2. The van der Waals surface area contributed by atoms with E-state index in [1.54, 1.807) is 30.3 Å². The van der Waals surface area contributed by atoms with Crippen molar-refractivity contribution in [2.45, 2.75) is 32.2 Å². The van der Waals surface area contributed by atoms with E-state index in [-0.39, 0.29) is 23.7 Å². The number of carbonyl (C=O) groups excluding carboxylic acids is 2. The predicted octanol–water partition coefficient (Wildman–Crippen LogP) is 3.63.